The highest BCUT2D eigenvalue weighted by Gasteiger charge is 2.11. The van der Waals surface area contributed by atoms with Gasteiger partial charge in [0.1, 0.15) is 15.9 Å². The SMILES string of the molecule is Cc1nonc1Cn1ncc(Br)c(Br)c1=O. The molecule has 2 heterocycles. The number of aryl methyl sites for hydroxylation is 1. The maximum atomic E-state index is 11.8. The first-order chi connectivity index (χ1) is 7.59. The summed E-state index contributed by atoms with van der Waals surface area (Å²) in [6.07, 6.45) is 1.54. The van der Waals surface area contributed by atoms with Gasteiger partial charge in [-0.2, -0.15) is 5.10 Å². The van der Waals surface area contributed by atoms with E-state index in [2.05, 4.69) is 51.9 Å². The maximum absolute atomic E-state index is 11.8. The molecule has 0 N–H and O–H groups in total. The van der Waals surface area contributed by atoms with Crippen LogP contribution >= 0.6 is 31.9 Å². The standard InChI is InChI=1S/C8H6Br2N4O2/c1-4-6(13-16-12-4)3-14-8(15)7(10)5(9)2-11-14/h2H,3H2,1H3. The van der Waals surface area contributed by atoms with Gasteiger partial charge in [0.05, 0.1) is 17.2 Å². The zero-order valence-corrected chi connectivity index (χ0v) is 11.3. The summed E-state index contributed by atoms with van der Waals surface area (Å²) in [5, 5.41) is 11.3. The Morgan fingerprint density at radius 1 is 1.44 bits per heavy atom. The monoisotopic (exact) mass is 348 g/mol. The fraction of sp³-hybridized carbons (Fsp3) is 0.250. The predicted molar refractivity (Wildman–Crippen MR) is 62.0 cm³/mol. The maximum Gasteiger partial charge on any atom is 0.282 e. The minimum atomic E-state index is -0.239. The number of hydrogen-bond donors (Lipinski definition) is 0. The molecule has 0 saturated heterocycles. The van der Waals surface area contributed by atoms with Crippen LogP contribution in [-0.2, 0) is 6.54 Å². The summed E-state index contributed by atoms with van der Waals surface area (Å²) in [6, 6.07) is 0. The van der Waals surface area contributed by atoms with E-state index in [-0.39, 0.29) is 12.1 Å². The van der Waals surface area contributed by atoms with Gasteiger partial charge < -0.3 is 0 Å². The zero-order valence-electron chi connectivity index (χ0n) is 8.15. The lowest BCUT2D eigenvalue weighted by Crippen LogP contribution is -2.24. The zero-order chi connectivity index (χ0) is 11.7. The van der Waals surface area contributed by atoms with Crippen LogP contribution in [0.15, 0.2) is 24.6 Å². The lowest BCUT2D eigenvalue weighted by Gasteiger charge is -2.03. The van der Waals surface area contributed by atoms with Crippen LogP contribution in [0.1, 0.15) is 11.4 Å². The van der Waals surface area contributed by atoms with Crippen molar-refractivity contribution in [3.05, 3.63) is 36.9 Å². The lowest BCUT2D eigenvalue weighted by molar-refractivity contribution is 0.300. The van der Waals surface area contributed by atoms with E-state index in [0.717, 1.165) is 0 Å². The molecule has 0 bridgehead atoms. The Hall–Kier alpha value is -1.02. The average Bonchev–Trinajstić information content (AvgIpc) is 2.65. The van der Waals surface area contributed by atoms with Gasteiger partial charge in [-0.1, -0.05) is 10.3 Å². The number of halogens is 2. The van der Waals surface area contributed by atoms with Gasteiger partial charge in [0.2, 0.25) is 0 Å². The van der Waals surface area contributed by atoms with Crippen molar-refractivity contribution >= 4 is 31.9 Å². The predicted octanol–water partition coefficient (Wildman–Crippen LogP) is 1.51. The molecule has 0 fully saturated rings. The van der Waals surface area contributed by atoms with E-state index in [1.165, 1.54) is 10.9 Å². The Morgan fingerprint density at radius 3 is 2.81 bits per heavy atom. The van der Waals surface area contributed by atoms with Crippen LogP contribution in [0.4, 0.5) is 0 Å². The van der Waals surface area contributed by atoms with Crippen LogP contribution < -0.4 is 5.56 Å². The Bertz CT molecular complexity index is 578. The van der Waals surface area contributed by atoms with Crippen molar-refractivity contribution in [2.45, 2.75) is 13.5 Å². The van der Waals surface area contributed by atoms with E-state index >= 15 is 0 Å². The van der Waals surface area contributed by atoms with E-state index in [0.29, 0.717) is 20.3 Å². The Kier molecular flexibility index (Phi) is 3.20. The first-order valence-electron chi connectivity index (χ1n) is 4.28. The summed E-state index contributed by atoms with van der Waals surface area (Å²) < 4.78 is 6.87. The number of hydrogen-bond acceptors (Lipinski definition) is 5. The van der Waals surface area contributed by atoms with E-state index in [1.54, 1.807) is 6.92 Å². The molecule has 2 aromatic heterocycles. The molecule has 0 atom stereocenters. The highest BCUT2D eigenvalue weighted by Crippen LogP contribution is 2.16. The molecule has 16 heavy (non-hydrogen) atoms. The topological polar surface area (TPSA) is 73.8 Å². The molecule has 2 aromatic rings. The quantitative estimate of drug-likeness (QED) is 0.821. The van der Waals surface area contributed by atoms with Crippen molar-refractivity contribution in [1.29, 1.82) is 0 Å². The first kappa shape index (κ1) is 11.5. The summed E-state index contributed by atoms with van der Waals surface area (Å²) in [7, 11) is 0. The van der Waals surface area contributed by atoms with Crippen LogP contribution in [0, 0.1) is 6.92 Å². The van der Waals surface area contributed by atoms with Gasteiger partial charge in [-0.25, -0.2) is 9.31 Å². The summed E-state index contributed by atoms with van der Waals surface area (Å²) in [5.74, 6) is 0. The first-order valence-corrected chi connectivity index (χ1v) is 5.87. The molecule has 0 aliphatic carbocycles. The lowest BCUT2D eigenvalue weighted by atomic mass is 10.3. The van der Waals surface area contributed by atoms with E-state index in [4.69, 9.17) is 0 Å². The van der Waals surface area contributed by atoms with Crippen LogP contribution in [0.2, 0.25) is 0 Å². The van der Waals surface area contributed by atoms with E-state index in [1.807, 2.05) is 0 Å². The van der Waals surface area contributed by atoms with Crippen LogP contribution in [0.3, 0.4) is 0 Å². The second-order valence-corrected chi connectivity index (χ2v) is 4.71. The van der Waals surface area contributed by atoms with Gasteiger partial charge in [0, 0.05) is 0 Å². The molecule has 2 rings (SSSR count). The summed E-state index contributed by atoms with van der Waals surface area (Å²) >= 11 is 6.38. The molecule has 8 heteroatoms. The minimum absolute atomic E-state index is 0.236. The number of rotatable bonds is 2. The Balaban J connectivity index is 2.40. The largest absolute Gasteiger partial charge is 0.282 e. The smallest absolute Gasteiger partial charge is 0.266 e. The third kappa shape index (κ3) is 2.07. The van der Waals surface area contributed by atoms with Crippen molar-refractivity contribution in [3.63, 3.8) is 0 Å². The molecule has 0 spiro atoms. The van der Waals surface area contributed by atoms with Gasteiger partial charge in [-0.05, 0) is 38.8 Å². The fourth-order valence-corrected chi connectivity index (χ4v) is 1.66. The van der Waals surface area contributed by atoms with E-state index in [9.17, 15) is 4.79 Å². The third-order valence-electron chi connectivity index (χ3n) is 1.99. The Labute approximate surface area is 107 Å². The van der Waals surface area contributed by atoms with Crippen molar-refractivity contribution in [2.75, 3.05) is 0 Å². The average molecular weight is 350 g/mol. The molecule has 0 aliphatic heterocycles. The van der Waals surface area contributed by atoms with Crippen molar-refractivity contribution < 1.29 is 4.63 Å². The van der Waals surface area contributed by atoms with Gasteiger partial charge >= 0.3 is 0 Å². The van der Waals surface area contributed by atoms with E-state index < -0.39 is 0 Å². The number of aromatic nitrogens is 4. The highest BCUT2D eigenvalue weighted by molar-refractivity contribution is 9.13. The molecular formula is C8H6Br2N4O2. The fourth-order valence-electron chi connectivity index (χ4n) is 1.09. The molecule has 0 aliphatic rings. The Morgan fingerprint density at radius 2 is 2.19 bits per heavy atom. The molecule has 84 valence electrons. The second kappa shape index (κ2) is 4.46. The molecule has 0 aromatic carbocycles. The van der Waals surface area contributed by atoms with Gasteiger partial charge in [-0.15, -0.1) is 0 Å². The second-order valence-electron chi connectivity index (χ2n) is 3.07. The van der Waals surface area contributed by atoms with Gasteiger partial charge in [0.15, 0.2) is 0 Å². The molecule has 6 nitrogen and oxygen atoms in total. The molecule has 0 unspecified atom stereocenters. The van der Waals surface area contributed by atoms with Crippen molar-refractivity contribution in [3.8, 4) is 0 Å². The highest BCUT2D eigenvalue weighted by atomic mass is 79.9. The molecule has 0 radical (unpaired) electrons. The molecule has 0 amide bonds. The molecule has 0 saturated carbocycles. The summed E-state index contributed by atoms with van der Waals surface area (Å²) in [6.45, 7) is 1.99. The van der Waals surface area contributed by atoms with Crippen LogP contribution in [-0.4, -0.2) is 20.1 Å². The van der Waals surface area contributed by atoms with Crippen molar-refractivity contribution in [1.82, 2.24) is 20.1 Å². The summed E-state index contributed by atoms with van der Waals surface area (Å²) in [5.41, 5.74) is 0.994. The van der Waals surface area contributed by atoms with Gasteiger partial charge in [0.25, 0.3) is 5.56 Å². The van der Waals surface area contributed by atoms with Gasteiger partial charge in [-0.3, -0.25) is 4.79 Å². The van der Waals surface area contributed by atoms with Crippen LogP contribution in [0.5, 0.6) is 0 Å². The summed E-state index contributed by atoms with van der Waals surface area (Å²) in [4.78, 5) is 11.8. The molecular weight excluding hydrogens is 344 g/mol. The normalized spacial score (nSPS) is 10.7. The third-order valence-corrected chi connectivity index (χ3v) is 3.89. The van der Waals surface area contributed by atoms with Crippen LogP contribution in [0.25, 0.3) is 0 Å². The van der Waals surface area contributed by atoms with Crippen molar-refractivity contribution in [2.24, 2.45) is 0 Å². The minimum Gasteiger partial charge on any atom is -0.266 e. The number of nitrogens with zero attached hydrogens (tertiary/aromatic N) is 4.